The molecule has 0 bridgehead atoms. The van der Waals surface area contributed by atoms with Gasteiger partial charge < -0.3 is 4.74 Å². The lowest BCUT2D eigenvalue weighted by Crippen LogP contribution is -2.02. The molecule has 0 amide bonds. The van der Waals surface area contributed by atoms with Crippen molar-refractivity contribution in [3.05, 3.63) is 12.4 Å². The average molecular weight is 192 g/mol. The van der Waals surface area contributed by atoms with Gasteiger partial charge in [-0.2, -0.15) is 8.78 Å². The van der Waals surface area contributed by atoms with Crippen molar-refractivity contribution in [1.29, 1.82) is 0 Å². The Hall–Kier alpha value is -0.910. The molecule has 12 heavy (non-hydrogen) atoms. The predicted octanol–water partition coefficient (Wildman–Crippen LogP) is 1.80. The van der Waals surface area contributed by atoms with Crippen molar-refractivity contribution in [3.63, 3.8) is 0 Å². The topological polar surface area (TPSA) is 35.0 Å². The molecule has 0 fully saturated rings. The summed E-state index contributed by atoms with van der Waals surface area (Å²) < 4.78 is 27.3. The second kappa shape index (κ2) is 4.20. The molecule has 66 valence electrons. The zero-order valence-corrected chi connectivity index (χ0v) is 7.02. The van der Waals surface area contributed by atoms with Crippen LogP contribution in [0, 0.1) is 0 Å². The molecule has 1 aromatic rings. The third-order valence-electron chi connectivity index (χ3n) is 1.01. The first-order chi connectivity index (χ1) is 5.72. The van der Waals surface area contributed by atoms with E-state index in [1.807, 2.05) is 0 Å². The van der Waals surface area contributed by atoms with E-state index in [1.165, 1.54) is 24.2 Å². The molecule has 0 aromatic carbocycles. The Balaban J connectivity index is 2.65. The highest BCUT2D eigenvalue weighted by molar-refractivity contribution is 7.98. The molecule has 0 unspecified atom stereocenters. The summed E-state index contributed by atoms with van der Waals surface area (Å²) in [5.74, 6) is -0.0252. The number of thioether (sulfide) groups is 1. The smallest absolute Gasteiger partial charge is 0.387 e. The number of alkyl halides is 2. The highest BCUT2D eigenvalue weighted by Crippen LogP contribution is 2.13. The van der Waals surface area contributed by atoms with Gasteiger partial charge in [-0.05, 0) is 6.26 Å². The lowest BCUT2D eigenvalue weighted by atomic mass is 10.6. The Kier molecular flexibility index (Phi) is 3.21. The summed E-state index contributed by atoms with van der Waals surface area (Å²) in [4.78, 5) is 7.49. The third-order valence-corrected chi connectivity index (χ3v) is 1.59. The van der Waals surface area contributed by atoms with Crippen LogP contribution in [0.4, 0.5) is 8.78 Å². The molecular formula is C6H6F2N2OS. The third kappa shape index (κ3) is 2.61. The maximum atomic E-state index is 11.6. The van der Waals surface area contributed by atoms with Crippen LogP contribution in [0.5, 0.6) is 5.75 Å². The quantitative estimate of drug-likeness (QED) is 0.540. The molecule has 0 saturated carbocycles. The average Bonchev–Trinajstić information content (AvgIpc) is 2.05. The zero-order valence-electron chi connectivity index (χ0n) is 6.20. The van der Waals surface area contributed by atoms with Crippen molar-refractivity contribution in [2.45, 2.75) is 11.8 Å². The first kappa shape index (κ1) is 9.18. The predicted molar refractivity (Wildman–Crippen MR) is 40.4 cm³/mol. The second-order valence-corrected chi connectivity index (χ2v) is 2.56. The van der Waals surface area contributed by atoms with Crippen LogP contribution in [-0.2, 0) is 0 Å². The Morgan fingerprint density at radius 1 is 1.42 bits per heavy atom. The fraction of sp³-hybridized carbons (Fsp3) is 0.333. The van der Waals surface area contributed by atoms with Crippen molar-refractivity contribution >= 4 is 11.8 Å². The Morgan fingerprint density at radius 2 is 2.00 bits per heavy atom. The van der Waals surface area contributed by atoms with Crippen molar-refractivity contribution < 1.29 is 13.5 Å². The first-order valence-corrected chi connectivity index (χ1v) is 4.25. The van der Waals surface area contributed by atoms with Crippen LogP contribution in [0.2, 0.25) is 0 Å². The van der Waals surface area contributed by atoms with E-state index < -0.39 is 6.61 Å². The molecule has 1 rings (SSSR count). The molecule has 0 radical (unpaired) electrons. The molecule has 0 N–H and O–H groups in total. The van der Waals surface area contributed by atoms with Crippen molar-refractivity contribution in [1.82, 2.24) is 9.97 Å². The molecule has 1 heterocycles. The van der Waals surface area contributed by atoms with Crippen LogP contribution < -0.4 is 4.74 Å². The maximum absolute atomic E-state index is 11.6. The van der Waals surface area contributed by atoms with Gasteiger partial charge in [0, 0.05) is 0 Å². The summed E-state index contributed by atoms with van der Waals surface area (Å²) in [5, 5.41) is 0.525. The molecular weight excluding hydrogens is 186 g/mol. The summed E-state index contributed by atoms with van der Waals surface area (Å²) in [6, 6.07) is 0. The lowest BCUT2D eigenvalue weighted by Gasteiger charge is -2.02. The minimum Gasteiger partial charge on any atom is -0.432 e. The Bertz CT molecular complexity index is 242. The van der Waals surface area contributed by atoms with Crippen LogP contribution in [-0.4, -0.2) is 22.8 Å². The molecule has 0 saturated heterocycles. The minimum absolute atomic E-state index is 0.0252. The second-order valence-electron chi connectivity index (χ2n) is 1.78. The van der Waals surface area contributed by atoms with Gasteiger partial charge in [0.2, 0.25) is 0 Å². The van der Waals surface area contributed by atoms with Gasteiger partial charge >= 0.3 is 6.61 Å². The molecule has 3 nitrogen and oxygen atoms in total. The molecule has 0 atom stereocenters. The number of rotatable bonds is 3. The van der Waals surface area contributed by atoms with Gasteiger partial charge in [-0.3, -0.25) is 0 Å². The van der Waals surface area contributed by atoms with E-state index in [9.17, 15) is 8.78 Å². The number of ether oxygens (including phenoxy) is 1. The van der Waals surface area contributed by atoms with Crippen molar-refractivity contribution in [2.24, 2.45) is 0 Å². The largest absolute Gasteiger partial charge is 0.432 e. The molecule has 0 aliphatic carbocycles. The molecule has 1 aromatic heterocycles. The summed E-state index contributed by atoms with van der Waals surface area (Å²) >= 11 is 1.33. The number of hydrogen-bond donors (Lipinski definition) is 0. The molecule has 0 aliphatic rings. The fourth-order valence-electron chi connectivity index (χ4n) is 0.573. The van der Waals surface area contributed by atoms with Crippen molar-refractivity contribution in [3.8, 4) is 5.75 Å². The summed E-state index contributed by atoms with van der Waals surface area (Å²) in [5.41, 5.74) is 0. The maximum Gasteiger partial charge on any atom is 0.387 e. The van der Waals surface area contributed by atoms with E-state index in [-0.39, 0.29) is 5.75 Å². The first-order valence-electron chi connectivity index (χ1n) is 3.03. The van der Waals surface area contributed by atoms with Gasteiger partial charge in [-0.15, -0.1) is 0 Å². The van der Waals surface area contributed by atoms with E-state index in [0.717, 1.165) is 0 Å². The standard InChI is InChI=1S/C6H6F2N2OS/c1-12-6-9-2-4(3-10-6)11-5(7)8/h2-3,5H,1H3. The van der Waals surface area contributed by atoms with E-state index >= 15 is 0 Å². The van der Waals surface area contributed by atoms with E-state index in [4.69, 9.17) is 0 Å². The van der Waals surface area contributed by atoms with Gasteiger partial charge in [0.15, 0.2) is 10.9 Å². The van der Waals surface area contributed by atoms with Gasteiger partial charge in [0.05, 0.1) is 12.4 Å². The monoisotopic (exact) mass is 192 g/mol. The van der Waals surface area contributed by atoms with Crippen molar-refractivity contribution in [2.75, 3.05) is 6.26 Å². The number of nitrogens with zero attached hydrogens (tertiary/aromatic N) is 2. The van der Waals surface area contributed by atoms with Crippen LogP contribution in [0.3, 0.4) is 0 Å². The van der Waals surface area contributed by atoms with Crippen LogP contribution in [0.15, 0.2) is 17.6 Å². The number of aromatic nitrogens is 2. The van der Waals surface area contributed by atoms with Crippen LogP contribution in [0.1, 0.15) is 0 Å². The van der Waals surface area contributed by atoms with Gasteiger partial charge in [-0.25, -0.2) is 9.97 Å². The summed E-state index contributed by atoms with van der Waals surface area (Å²) in [6.07, 6.45) is 4.22. The summed E-state index contributed by atoms with van der Waals surface area (Å²) in [7, 11) is 0. The minimum atomic E-state index is -2.83. The number of hydrogen-bond acceptors (Lipinski definition) is 4. The van der Waals surface area contributed by atoms with Gasteiger partial charge in [-0.1, -0.05) is 11.8 Å². The van der Waals surface area contributed by atoms with E-state index in [2.05, 4.69) is 14.7 Å². The van der Waals surface area contributed by atoms with Gasteiger partial charge in [0.25, 0.3) is 0 Å². The number of halogens is 2. The Morgan fingerprint density at radius 3 is 2.42 bits per heavy atom. The summed E-state index contributed by atoms with van der Waals surface area (Å²) in [6.45, 7) is -2.83. The highest BCUT2D eigenvalue weighted by Gasteiger charge is 2.04. The van der Waals surface area contributed by atoms with Crippen LogP contribution in [0.25, 0.3) is 0 Å². The lowest BCUT2D eigenvalue weighted by molar-refractivity contribution is -0.0504. The fourth-order valence-corrected chi connectivity index (χ4v) is 0.890. The highest BCUT2D eigenvalue weighted by atomic mass is 32.2. The molecule has 6 heteroatoms. The van der Waals surface area contributed by atoms with Gasteiger partial charge in [0.1, 0.15) is 0 Å². The van der Waals surface area contributed by atoms with Crippen LogP contribution >= 0.6 is 11.8 Å². The SMILES string of the molecule is CSc1ncc(OC(F)F)cn1. The van der Waals surface area contributed by atoms with E-state index in [1.54, 1.807) is 6.26 Å². The Labute approximate surface area is 72.2 Å². The van der Waals surface area contributed by atoms with E-state index in [0.29, 0.717) is 5.16 Å². The molecule has 0 aliphatic heterocycles. The normalized spacial score (nSPS) is 10.3. The zero-order chi connectivity index (χ0) is 8.97. The molecule has 0 spiro atoms.